The van der Waals surface area contributed by atoms with Gasteiger partial charge in [-0.15, -0.1) is 12.6 Å². The summed E-state index contributed by atoms with van der Waals surface area (Å²) in [5.41, 5.74) is 1.69. The Morgan fingerprint density at radius 3 is 2.30 bits per heavy atom. The van der Waals surface area contributed by atoms with Gasteiger partial charge in [-0.25, -0.2) is 0 Å². The van der Waals surface area contributed by atoms with Crippen LogP contribution in [0.25, 0.3) is 0 Å². The maximum Gasteiger partial charge on any atom is 0.494 e. The first-order valence-electron chi connectivity index (χ1n) is 8.38. The average Bonchev–Trinajstić information content (AvgIpc) is 2.68. The van der Waals surface area contributed by atoms with E-state index in [9.17, 15) is 0 Å². The number of rotatable bonds is 3. The predicted octanol–water partition coefficient (Wildman–Crippen LogP) is 1.68. The molecule has 23 heavy (non-hydrogen) atoms. The van der Waals surface area contributed by atoms with Crippen molar-refractivity contribution in [3.05, 3.63) is 23.8 Å². The first-order chi connectivity index (χ1) is 10.8. The summed E-state index contributed by atoms with van der Waals surface area (Å²) in [6, 6.07) is 6.39. The molecule has 3 rings (SSSR count). The first-order valence-corrected chi connectivity index (χ1v) is 8.83. The summed E-state index contributed by atoms with van der Waals surface area (Å²) in [6.45, 7) is 13.6. The summed E-state index contributed by atoms with van der Waals surface area (Å²) >= 11 is 4.58. The molecule has 2 aliphatic heterocycles. The van der Waals surface area contributed by atoms with Gasteiger partial charge >= 0.3 is 7.12 Å². The molecule has 0 aliphatic carbocycles. The number of nitrogens with zero attached hydrogens (tertiary/aromatic N) is 1. The monoisotopic (exact) mass is 334 g/mol. The van der Waals surface area contributed by atoms with Gasteiger partial charge in [0.25, 0.3) is 0 Å². The van der Waals surface area contributed by atoms with Crippen LogP contribution in [0.5, 0.6) is 0 Å². The second-order valence-electron chi connectivity index (χ2n) is 7.55. The van der Waals surface area contributed by atoms with Crippen LogP contribution in [-0.4, -0.2) is 49.4 Å². The van der Waals surface area contributed by atoms with Crippen molar-refractivity contribution in [2.24, 2.45) is 0 Å². The molecule has 0 saturated carbocycles. The lowest BCUT2D eigenvalue weighted by molar-refractivity contribution is 0.00578. The quantitative estimate of drug-likeness (QED) is 0.651. The molecule has 126 valence electrons. The molecule has 1 aromatic rings. The Kier molecular flexibility index (Phi) is 4.82. The van der Waals surface area contributed by atoms with Gasteiger partial charge in [0.05, 0.1) is 11.2 Å². The molecular formula is C17H27BN2O2S. The van der Waals surface area contributed by atoms with Crippen molar-refractivity contribution < 1.29 is 9.31 Å². The fourth-order valence-electron chi connectivity index (χ4n) is 3.03. The van der Waals surface area contributed by atoms with Gasteiger partial charge in [0.1, 0.15) is 0 Å². The standard InChI is InChI=1S/C17H27BN2O2S/c1-16(2)17(3,4)22-18(21-16)14-9-13(10-15(23)11-14)12-20-7-5-19-6-8-20/h9-11,19,23H,5-8,12H2,1-4H3. The van der Waals surface area contributed by atoms with E-state index in [0.717, 1.165) is 43.1 Å². The molecule has 0 radical (unpaired) electrons. The molecular weight excluding hydrogens is 307 g/mol. The van der Waals surface area contributed by atoms with Gasteiger partial charge < -0.3 is 14.6 Å². The summed E-state index contributed by atoms with van der Waals surface area (Å²) in [5, 5.41) is 3.39. The van der Waals surface area contributed by atoms with Gasteiger partial charge in [-0.1, -0.05) is 6.07 Å². The predicted molar refractivity (Wildman–Crippen MR) is 97.6 cm³/mol. The van der Waals surface area contributed by atoms with Crippen molar-refractivity contribution in [3.8, 4) is 0 Å². The summed E-state index contributed by atoms with van der Waals surface area (Å²) in [6.07, 6.45) is 0. The third-order valence-electron chi connectivity index (χ3n) is 5.14. The zero-order chi connectivity index (χ0) is 16.7. The van der Waals surface area contributed by atoms with Crippen molar-refractivity contribution in [2.45, 2.75) is 50.3 Å². The summed E-state index contributed by atoms with van der Waals surface area (Å²) in [5.74, 6) is 0. The summed E-state index contributed by atoms with van der Waals surface area (Å²) in [7, 11) is -0.325. The topological polar surface area (TPSA) is 33.7 Å². The zero-order valence-electron chi connectivity index (χ0n) is 14.6. The Balaban J connectivity index is 1.78. The highest BCUT2D eigenvalue weighted by Crippen LogP contribution is 2.36. The number of thiol groups is 1. The smallest absolute Gasteiger partial charge is 0.399 e. The van der Waals surface area contributed by atoms with E-state index in [-0.39, 0.29) is 18.3 Å². The van der Waals surface area contributed by atoms with Gasteiger partial charge in [0.15, 0.2) is 0 Å². The van der Waals surface area contributed by atoms with Crippen LogP contribution in [0.1, 0.15) is 33.3 Å². The fraction of sp³-hybridized carbons (Fsp3) is 0.647. The Labute approximate surface area is 145 Å². The molecule has 2 aliphatic rings. The molecule has 0 unspecified atom stereocenters. The van der Waals surface area contributed by atoms with Crippen LogP contribution in [0.3, 0.4) is 0 Å². The lowest BCUT2D eigenvalue weighted by Crippen LogP contribution is -2.43. The highest BCUT2D eigenvalue weighted by molar-refractivity contribution is 7.80. The molecule has 0 aromatic heterocycles. The van der Waals surface area contributed by atoms with Gasteiger partial charge in [-0.3, -0.25) is 4.90 Å². The van der Waals surface area contributed by atoms with Gasteiger partial charge in [0, 0.05) is 37.6 Å². The van der Waals surface area contributed by atoms with E-state index in [0.29, 0.717) is 0 Å². The molecule has 0 bridgehead atoms. The number of nitrogens with one attached hydrogen (secondary N) is 1. The number of piperazine rings is 1. The minimum absolute atomic E-state index is 0.316. The van der Waals surface area contributed by atoms with E-state index in [2.05, 4.69) is 62.7 Å². The third-order valence-corrected chi connectivity index (χ3v) is 5.40. The van der Waals surface area contributed by atoms with E-state index in [1.165, 1.54) is 5.56 Å². The largest absolute Gasteiger partial charge is 0.494 e. The van der Waals surface area contributed by atoms with Gasteiger partial charge in [-0.05, 0) is 50.9 Å². The lowest BCUT2D eigenvalue weighted by atomic mass is 9.78. The second kappa shape index (κ2) is 6.41. The third kappa shape index (κ3) is 3.77. The Morgan fingerprint density at radius 2 is 1.70 bits per heavy atom. The van der Waals surface area contributed by atoms with Crippen LogP contribution in [0.2, 0.25) is 0 Å². The zero-order valence-corrected chi connectivity index (χ0v) is 15.5. The van der Waals surface area contributed by atoms with Crippen LogP contribution >= 0.6 is 12.6 Å². The summed E-state index contributed by atoms with van der Waals surface area (Å²) < 4.78 is 12.3. The van der Waals surface area contributed by atoms with E-state index in [4.69, 9.17) is 9.31 Å². The lowest BCUT2D eigenvalue weighted by Gasteiger charge is -2.32. The normalized spacial score (nSPS) is 24.1. The highest BCUT2D eigenvalue weighted by Gasteiger charge is 2.51. The molecule has 0 amide bonds. The van der Waals surface area contributed by atoms with Crippen LogP contribution in [0.15, 0.2) is 23.1 Å². The number of hydrogen-bond acceptors (Lipinski definition) is 5. The van der Waals surface area contributed by atoms with Crippen molar-refractivity contribution in [1.29, 1.82) is 0 Å². The Bertz CT molecular complexity index is 558. The average molecular weight is 334 g/mol. The molecule has 1 N–H and O–H groups in total. The summed E-state index contributed by atoms with van der Waals surface area (Å²) in [4.78, 5) is 3.43. The second-order valence-corrected chi connectivity index (χ2v) is 8.06. The maximum absolute atomic E-state index is 6.17. The molecule has 2 heterocycles. The van der Waals surface area contributed by atoms with Gasteiger partial charge in [-0.2, -0.15) is 0 Å². The van der Waals surface area contributed by atoms with E-state index in [1.54, 1.807) is 0 Å². The molecule has 0 spiro atoms. The molecule has 0 atom stereocenters. The molecule has 2 fully saturated rings. The van der Waals surface area contributed by atoms with Crippen molar-refractivity contribution in [1.82, 2.24) is 10.2 Å². The number of hydrogen-bond donors (Lipinski definition) is 2. The van der Waals surface area contributed by atoms with Gasteiger partial charge in [0.2, 0.25) is 0 Å². The minimum atomic E-state index is -0.325. The minimum Gasteiger partial charge on any atom is -0.399 e. The van der Waals surface area contributed by atoms with Crippen molar-refractivity contribution in [2.75, 3.05) is 26.2 Å². The molecule has 4 nitrogen and oxygen atoms in total. The Morgan fingerprint density at radius 1 is 1.09 bits per heavy atom. The van der Waals surface area contributed by atoms with E-state index >= 15 is 0 Å². The van der Waals surface area contributed by atoms with Crippen LogP contribution in [0, 0.1) is 0 Å². The molecule has 2 saturated heterocycles. The van der Waals surface area contributed by atoms with E-state index < -0.39 is 0 Å². The SMILES string of the molecule is CC1(C)OB(c2cc(S)cc(CN3CCNCC3)c2)OC1(C)C. The van der Waals surface area contributed by atoms with Crippen LogP contribution in [0.4, 0.5) is 0 Å². The highest BCUT2D eigenvalue weighted by atomic mass is 32.1. The van der Waals surface area contributed by atoms with Crippen molar-refractivity contribution >= 4 is 25.2 Å². The fourth-order valence-corrected chi connectivity index (χ4v) is 3.35. The number of benzene rings is 1. The van der Waals surface area contributed by atoms with Crippen molar-refractivity contribution in [3.63, 3.8) is 0 Å². The van der Waals surface area contributed by atoms with Crippen LogP contribution < -0.4 is 10.8 Å². The van der Waals surface area contributed by atoms with E-state index in [1.807, 2.05) is 6.07 Å². The Hall–Kier alpha value is -0.525. The maximum atomic E-state index is 6.17. The van der Waals surface area contributed by atoms with Crippen LogP contribution in [-0.2, 0) is 15.9 Å². The first kappa shape index (κ1) is 17.3. The molecule has 1 aromatic carbocycles. The molecule has 6 heteroatoms.